The standard InChI is InChI=1S/C22H24F4N2O/c23-19-9-8-16(12-18(19)22(24,25)26)29-21-17-6-2-1-4-14(17)7-10-20(21)28-11-3-5-15(27)13-28/h1-2,4,6,8-9,12,15,20-21H,3,5,7,10-11,13,27H2/t15-,20?,21?/m1/s1. The first-order valence-electron chi connectivity index (χ1n) is 9.94. The molecule has 2 unspecified atom stereocenters. The van der Waals surface area contributed by atoms with Crippen LogP contribution in [0.5, 0.6) is 5.75 Å². The highest BCUT2D eigenvalue weighted by molar-refractivity contribution is 5.36. The number of fused-ring (bicyclic) bond motifs is 1. The molecule has 4 rings (SSSR count). The monoisotopic (exact) mass is 408 g/mol. The van der Waals surface area contributed by atoms with Crippen molar-refractivity contribution in [1.29, 1.82) is 0 Å². The molecule has 1 aliphatic heterocycles. The Kier molecular flexibility index (Phi) is 5.53. The number of piperidine rings is 1. The van der Waals surface area contributed by atoms with Crippen LogP contribution >= 0.6 is 0 Å². The lowest BCUT2D eigenvalue weighted by molar-refractivity contribution is -0.140. The maximum Gasteiger partial charge on any atom is 0.419 e. The first kappa shape index (κ1) is 20.2. The molecule has 156 valence electrons. The molecular formula is C22H24F4N2O. The molecular weight excluding hydrogens is 384 g/mol. The van der Waals surface area contributed by atoms with E-state index >= 15 is 0 Å². The molecule has 0 spiro atoms. The van der Waals surface area contributed by atoms with E-state index < -0.39 is 23.7 Å². The molecule has 3 atom stereocenters. The lowest BCUT2D eigenvalue weighted by Crippen LogP contribution is -2.51. The van der Waals surface area contributed by atoms with E-state index in [0.717, 1.165) is 62.0 Å². The van der Waals surface area contributed by atoms with Crippen LogP contribution in [-0.2, 0) is 12.6 Å². The van der Waals surface area contributed by atoms with E-state index in [1.54, 1.807) is 0 Å². The van der Waals surface area contributed by atoms with E-state index in [1.807, 2.05) is 24.3 Å². The fraction of sp³-hybridized carbons (Fsp3) is 0.455. The Labute approximate surface area is 167 Å². The summed E-state index contributed by atoms with van der Waals surface area (Å²) in [6.07, 6.45) is -1.53. The van der Waals surface area contributed by atoms with Gasteiger partial charge in [0, 0.05) is 12.6 Å². The number of rotatable bonds is 3. The summed E-state index contributed by atoms with van der Waals surface area (Å²) < 4.78 is 59.2. The zero-order chi connectivity index (χ0) is 20.6. The van der Waals surface area contributed by atoms with Crippen molar-refractivity contribution < 1.29 is 22.3 Å². The summed E-state index contributed by atoms with van der Waals surface area (Å²) in [4.78, 5) is 2.29. The van der Waals surface area contributed by atoms with Gasteiger partial charge >= 0.3 is 6.18 Å². The number of aryl methyl sites for hydroxylation is 1. The second-order valence-corrected chi connectivity index (χ2v) is 7.88. The third-order valence-corrected chi connectivity index (χ3v) is 5.89. The maximum absolute atomic E-state index is 13.7. The summed E-state index contributed by atoms with van der Waals surface area (Å²) in [5.74, 6) is -1.28. The molecule has 1 saturated heterocycles. The fourth-order valence-corrected chi connectivity index (χ4v) is 4.50. The summed E-state index contributed by atoms with van der Waals surface area (Å²) in [6, 6.07) is 10.8. The molecule has 0 amide bonds. The Morgan fingerprint density at radius 3 is 2.62 bits per heavy atom. The lowest BCUT2D eigenvalue weighted by Gasteiger charge is -2.43. The third kappa shape index (κ3) is 4.26. The molecule has 1 aliphatic carbocycles. The Morgan fingerprint density at radius 1 is 1.07 bits per heavy atom. The van der Waals surface area contributed by atoms with Crippen molar-refractivity contribution in [1.82, 2.24) is 4.90 Å². The zero-order valence-electron chi connectivity index (χ0n) is 16.0. The van der Waals surface area contributed by atoms with Gasteiger partial charge in [0.2, 0.25) is 0 Å². The molecule has 3 nitrogen and oxygen atoms in total. The zero-order valence-corrected chi connectivity index (χ0v) is 16.0. The van der Waals surface area contributed by atoms with Crippen molar-refractivity contribution in [3.8, 4) is 5.75 Å². The molecule has 2 N–H and O–H groups in total. The average Bonchev–Trinajstić information content (AvgIpc) is 2.69. The predicted molar refractivity (Wildman–Crippen MR) is 102 cm³/mol. The molecule has 0 radical (unpaired) electrons. The fourth-order valence-electron chi connectivity index (χ4n) is 4.50. The minimum absolute atomic E-state index is 0.00985. The predicted octanol–water partition coefficient (Wildman–Crippen LogP) is 4.70. The van der Waals surface area contributed by atoms with Crippen molar-refractivity contribution in [2.24, 2.45) is 5.73 Å². The van der Waals surface area contributed by atoms with Crippen molar-refractivity contribution in [3.63, 3.8) is 0 Å². The highest BCUT2D eigenvalue weighted by Crippen LogP contribution is 2.39. The number of ether oxygens (including phenoxy) is 1. The van der Waals surface area contributed by atoms with Gasteiger partial charge in [0.15, 0.2) is 0 Å². The Hall–Kier alpha value is -2.12. The van der Waals surface area contributed by atoms with E-state index in [2.05, 4.69) is 4.90 Å². The highest BCUT2D eigenvalue weighted by atomic mass is 19.4. The second kappa shape index (κ2) is 7.95. The summed E-state index contributed by atoms with van der Waals surface area (Å²) in [7, 11) is 0. The summed E-state index contributed by atoms with van der Waals surface area (Å²) in [6.45, 7) is 1.63. The van der Waals surface area contributed by atoms with Crippen molar-refractivity contribution >= 4 is 0 Å². The minimum Gasteiger partial charge on any atom is -0.484 e. The van der Waals surface area contributed by atoms with Crippen LogP contribution in [0, 0.1) is 5.82 Å². The van der Waals surface area contributed by atoms with E-state index in [9.17, 15) is 17.6 Å². The van der Waals surface area contributed by atoms with E-state index in [-0.39, 0.29) is 17.8 Å². The number of hydrogen-bond donors (Lipinski definition) is 1. The van der Waals surface area contributed by atoms with Crippen LogP contribution in [0.3, 0.4) is 0 Å². The van der Waals surface area contributed by atoms with Gasteiger partial charge in [0.1, 0.15) is 17.7 Å². The first-order chi connectivity index (χ1) is 13.8. The molecule has 0 aromatic heterocycles. The highest BCUT2D eigenvalue weighted by Gasteiger charge is 2.38. The Bertz CT molecular complexity index is 870. The maximum atomic E-state index is 13.7. The number of halogens is 4. The van der Waals surface area contributed by atoms with Crippen LogP contribution in [-0.4, -0.2) is 30.1 Å². The van der Waals surface area contributed by atoms with Crippen LogP contribution < -0.4 is 10.5 Å². The van der Waals surface area contributed by atoms with Crippen molar-refractivity contribution in [2.45, 2.75) is 50.0 Å². The summed E-state index contributed by atoms with van der Waals surface area (Å²) in [5, 5.41) is 0. The minimum atomic E-state index is -4.77. The van der Waals surface area contributed by atoms with Gasteiger partial charge in [-0.3, -0.25) is 4.90 Å². The van der Waals surface area contributed by atoms with Gasteiger partial charge in [-0.15, -0.1) is 0 Å². The number of nitrogens with zero attached hydrogens (tertiary/aromatic N) is 1. The smallest absolute Gasteiger partial charge is 0.419 e. The molecule has 1 fully saturated rings. The quantitative estimate of drug-likeness (QED) is 0.748. The van der Waals surface area contributed by atoms with Crippen LogP contribution in [0.4, 0.5) is 17.6 Å². The van der Waals surface area contributed by atoms with Crippen LogP contribution in [0.2, 0.25) is 0 Å². The largest absolute Gasteiger partial charge is 0.484 e. The number of likely N-dealkylation sites (tertiary alicyclic amines) is 1. The van der Waals surface area contributed by atoms with E-state index in [0.29, 0.717) is 0 Å². The molecule has 2 aromatic rings. The Morgan fingerprint density at radius 2 is 1.86 bits per heavy atom. The van der Waals surface area contributed by atoms with E-state index in [1.165, 1.54) is 6.07 Å². The van der Waals surface area contributed by atoms with Gasteiger partial charge in [0.25, 0.3) is 0 Å². The normalized spacial score (nSPS) is 25.5. The molecule has 2 aliphatic rings. The summed E-state index contributed by atoms with van der Waals surface area (Å²) >= 11 is 0. The lowest BCUT2D eigenvalue weighted by atomic mass is 9.84. The van der Waals surface area contributed by atoms with Crippen LogP contribution in [0.15, 0.2) is 42.5 Å². The van der Waals surface area contributed by atoms with Crippen LogP contribution in [0.1, 0.15) is 42.1 Å². The van der Waals surface area contributed by atoms with E-state index in [4.69, 9.17) is 10.5 Å². The number of hydrogen-bond acceptors (Lipinski definition) is 3. The molecule has 0 bridgehead atoms. The molecule has 7 heteroatoms. The molecule has 1 heterocycles. The number of benzene rings is 2. The van der Waals surface area contributed by atoms with Gasteiger partial charge in [-0.25, -0.2) is 4.39 Å². The third-order valence-electron chi connectivity index (χ3n) is 5.89. The van der Waals surface area contributed by atoms with Gasteiger partial charge in [0.05, 0.1) is 11.6 Å². The second-order valence-electron chi connectivity index (χ2n) is 7.88. The number of alkyl halides is 3. The van der Waals surface area contributed by atoms with Gasteiger partial charge in [-0.1, -0.05) is 24.3 Å². The topological polar surface area (TPSA) is 38.5 Å². The molecule has 29 heavy (non-hydrogen) atoms. The first-order valence-corrected chi connectivity index (χ1v) is 9.94. The van der Waals surface area contributed by atoms with Gasteiger partial charge < -0.3 is 10.5 Å². The molecule has 2 aromatic carbocycles. The Balaban J connectivity index is 1.68. The average molecular weight is 408 g/mol. The van der Waals surface area contributed by atoms with Gasteiger partial charge in [-0.2, -0.15) is 13.2 Å². The SMILES string of the molecule is N[C@@H]1CCCN(C2CCc3ccccc3C2Oc2ccc(F)c(C(F)(F)F)c2)C1. The summed E-state index contributed by atoms with van der Waals surface area (Å²) in [5.41, 5.74) is 6.96. The van der Waals surface area contributed by atoms with Gasteiger partial charge in [-0.05, 0) is 61.6 Å². The number of nitrogens with two attached hydrogens (primary N) is 1. The molecule has 0 saturated carbocycles. The van der Waals surface area contributed by atoms with Crippen LogP contribution in [0.25, 0.3) is 0 Å². The van der Waals surface area contributed by atoms with Crippen molar-refractivity contribution in [3.05, 3.63) is 65.0 Å². The van der Waals surface area contributed by atoms with Crippen molar-refractivity contribution in [2.75, 3.05) is 13.1 Å².